The van der Waals surface area contributed by atoms with Gasteiger partial charge in [-0.3, -0.25) is 4.90 Å². The Morgan fingerprint density at radius 1 is 1.38 bits per heavy atom. The van der Waals surface area contributed by atoms with Crippen molar-refractivity contribution in [3.05, 3.63) is 23.8 Å². The summed E-state index contributed by atoms with van der Waals surface area (Å²) < 4.78 is 16.4. The molecule has 1 aromatic carbocycles. The molecule has 2 N–H and O–H groups in total. The molecule has 1 aliphatic heterocycles. The number of benzene rings is 1. The van der Waals surface area contributed by atoms with Gasteiger partial charge in [0.2, 0.25) is 0 Å². The molecule has 21 heavy (non-hydrogen) atoms. The van der Waals surface area contributed by atoms with Gasteiger partial charge in [-0.1, -0.05) is 6.92 Å². The second kappa shape index (κ2) is 7.64. The summed E-state index contributed by atoms with van der Waals surface area (Å²) in [7, 11) is 3.32. The summed E-state index contributed by atoms with van der Waals surface area (Å²) in [6.45, 7) is 5.59. The monoisotopic (exact) mass is 294 g/mol. The molecule has 2 unspecified atom stereocenters. The molecule has 2 atom stereocenters. The van der Waals surface area contributed by atoms with Gasteiger partial charge in [0.25, 0.3) is 0 Å². The third kappa shape index (κ3) is 4.09. The first-order chi connectivity index (χ1) is 10.2. The molecule has 1 aromatic rings. The Hall–Kier alpha value is -1.30. The highest BCUT2D eigenvalue weighted by Gasteiger charge is 2.22. The molecule has 0 aromatic heterocycles. The van der Waals surface area contributed by atoms with E-state index in [-0.39, 0.29) is 6.04 Å². The van der Waals surface area contributed by atoms with Crippen molar-refractivity contribution in [2.24, 2.45) is 5.73 Å². The molecule has 118 valence electrons. The zero-order valence-corrected chi connectivity index (χ0v) is 13.2. The van der Waals surface area contributed by atoms with Gasteiger partial charge in [0, 0.05) is 31.2 Å². The van der Waals surface area contributed by atoms with Gasteiger partial charge in [-0.15, -0.1) is 0 Å². The number of methoxy groups -OCH3 is 2. The number of hydrogen-bond donors (Lipinski definition) is 1. The van der Waals surface area contributed by atoms with Gasteiger partial charge in [0.15, 0.2) is 0 Å². The molecule has 0 saturated carbocycles. The molecule has 5 heteroatoms. The van der Waals surface area contributed by atoms with E-state index in [2.05, 4.69) is 11.8 Å². The topological polar surface area (TPSA) is 57.0 Å². The lowest BCUT2D eigenvalue weighted by atomic mass is 10.0. The van der Waals surface area contributed by atoms with E-state index >= 15 is 0 Å². The van der Waals surface area contributed by atoms with Crippen LogP contribution in [0.3, 0.4) is 0 Å². The van der Waals surface area contributed by atoms with Gasteiger partial charge in [0.1, 0.15) is 11.5 Å². The average molecular weight is 294 g/mol. The number of nitrogens with zero attached hydrogens (tertiary/aromatic N) is 1. The van der Waals surface area contributed by atoms with Crippen LogP contribution in [0.5, 0.6) is 11.5 Å². The standard InChI is InChI=1S/C16H26N2O3/c1-4-12-10-18(7-8-21-12)11-15(17)14-9-13(19-2)5-6-16(14)20-3/h5-6,9,12,15H,4,7-8,10-11,17H2,1-3H3. The van der Waals surface area contributed by atoms with Crippen molar-refractivity contribution in [3.8, 4) is 11.5 Å². The van der Waals surface area contributed by atoms with Crippen molar-refractivity contribution in [3.63, 3.8) is 0 Å². The highest BCUT2D eigenvalue weighted by molar-refractivity contribution is 5.42. The van der Waals surface area contributed by atoms with E-state index in [0.717, 1.165) is 49.7 Å². The molecule has 0 radical (unpaired) electrons. The fraction of sp³-hybridized carbons (Fsp3) is 0.625. The van der Waals surface area contributed by atoms with Crippen molar-refractivity contribution in [1.82, 2.24) is 4.90 Å². The minimum absolute atomic E-state index is 0.106. The molecule has 1 aliphatic rings. The zero-order chi connectivity index (χ0) is 15.2. The Bertz CT molecular complexity index is 453. The van der Waals surface area contributed by atoms with Crippen LogP contribution in [0.2, 0.25) is 0 Å². The Labute approximate surface area is 127 Å². The second-order valence-electron chi connectivity index (χ2n) is 5.37. The van der Waals surface area contributed by atoms with Gasteiger partial charge >= 0.3 is 0 Å². The molecule has 1 fully saturated rings. The molecular weight excluding hydrogens is 268 g/mol. The van der Waals surface area contributed by atoms with Crippen LogP contribution < -0.4 is 15.2 Å². The first-order valence-corrected chi connectivity index (χ1v) is 7.49. The number of morpholine rings is 1. The lowest BCUT2D eigenvalue weighted by Crippen LogP contribution is -2.45. The highest BCUT2D eigenvalue weighted by Crippen LogP contribution is 2.29. The smallest absolute Gasteiger partial charge is 0.123 e. The minimum Gasteiger partial charge on any atom is -0.497 e. The molecule has 1 heterocycles. The van der Waals surface area contributed by atoms with Crippen LogP contribution in [0.1, 0.15) is 24.9 Å². The minimum atomic E-state index is -0.106. The van der Waals surface area contributed by atoms with Gasteiger partial charge < -0.3 is 19.9 Å². The van der Waals surface area contributed by atoms with Crippen LogP contribution >= 0.6 is 0 Å². The molecule has 0 bridgehead atoms. The first-order valence-electron chi connectivity index (χ1n) is 7.49. The summed E-state index contributed by atoms with van der Waals surface area (Å²) in [4.78, 5) is 2.36. The van der Waals surface area contributed by atoms with Crippen molar-refractivity contribution in [2.45, 2.75) is 25.5 Å². The van der Waals surface area contributed by atoms with Gasteiger partial charge in [-0.2, -0.15) is 0 Å². The number of hydrogen-bond acceptors (Lipinski definition) is 5. The van der Waals surface area contributed by atoms with E-state index in [0.29, 0.717) is 6.10 Å². The average Bonchev–Trinajstić information content (AvgIpc) is 2.54. The largest absolute Gasteiger partial charge is 0.497 e. The van der Waals surface area contributed by atoms with E-state index in [1.54, 1.807) is 14.2 Å². The molecule has 0 aliphatic carbocycles. The van der Waals surface area contributed by atoms with E-state index in [1.165, 1.54) is 0 Å². The SMILES string of the molecule is CCC1CN(CC(N)c2cc(OC)ccc2OC)CCO1. The summed E-state index contributed by atoms with van der Waals surface area (Å²) in [6, 6.07) is 5.64. The second-order valence-corrected chi connectivity index (χ2v) is 5.37. The third-order valence-corrected chi connectivity index (χ3v) is 3.97. The first kappa shape index (κ1) is 16.1. The maximum absolute atomic E-state index is 6.39. The third-order valence-electron chi connectivity index (χ3n) is 3.97. The van der Waals surface area contributed by atoms with Crippen molar-refractivity contribution < 1.29 is 14.2 Å². The summed E-state index contributed by atoms with van der Waals surface area (Å²) in [5, 5.41) is 0. The van der Waals surface area contributed by atoms with E-state index < -0.39 is 0 Å². The fourth-order valence-electron chi connectivity index (χ4n) is 2.70. The normalized spacial score (nSPS) is 21.0. The summed E-state index contributed by atoms with van der Waals surface area (Å²) in [6.07, 6.45) is 1.35. The molecule has 2 rings (SSSR count). The van der Waals surface area contributed by atoms with E-state index in [9.17, 15) is 0 Å². The van der Waals surface area contributed by atoms with Gasteiger partial charge in [-0.25, -0.2) is 0 Å². The molecule has 0 spiro atoms. The number of nitrogens with two attached hydrogens (primary N) is 1. The Morgan fingerprint density at radius 3 is 2.86 bits per heavy atom. The summed E-state index contributed by atoms with van der Waals surface area (Å²) in [5.74, 6) is 1.61. The molecule has 1 saturated heterocycles. The van der Waals surface area contributed by atoms with Crippen LogP contribution in [0.15, 0.2) is 18.2 Å². The molecule has 0 amide bonds. The van der Waals surface area contributed by atoms with Crippen molar-refractivity contribution in [2.75, 3.05) is 40.5 Å². The maximum Gasteiger partial charge on any atom is 0.123 e. The van der Waals surface area contributed by atoms with Crippen LogP contribution in [-0.2, 0) is 4.74 Å². The predicted octanol–water partition coefficient (Wildman–Crippen LogP) is 1.81. The fourth-order valence-corrected chi connectivity index (χ4v) is 2.70. The number of rotatable bonds is 6. The van der Waals surface area contributed by atoms with Crippen LogP contribution in [-0.4, -0.2) is 51.5 Å². The Balaban J connectivity index is 2.06. The van der Waals surface area contributed by atoms with E-state index in [4.69, 9.17) is 19.9 Å². The highest BCUT2D eigenvalue weighted by atomic mass is 16.5. The lowest BCUT2D eigenvalue weighted by molar-refractivity contribution is -0.0312. The number of ether oxygens (including phenoxy) is 3. The summed E-state index contributed by atoms with van der Waals surface area (Å²) in [5.41, 5.74) is 7.38. The summed E-state index contributed by atoms with van der Waals surface area (Å²) >= 11 is 0. The predicted molar refractivity (Wildman–Crippen MR) is 82.9 cm³/mol. The maximum atomic E-state index is 6.39. The van der Waals surface area contributed by atoms with Gasteiger partial charge in [0.05, 0.1) is 26.9 Å². The van der Waals surface area contributed by atoms with Crippen LogP contribution in [0, 0.1) is 0 Å². The molecule has 5 nitrogen and oxygen atoms in total. The van der Waals surface area contributed by atoms with Gasteiger partial charge in [-0.05, 0) is 24.6 Å². The van der Waals surface area contributed by atoms with Crippen molar-refractivity contribution >= 4 is 0 Å². The quantitative estimate of drug-likeness (QED) is 0.867. The Kier molecular flexibility index (Phi) is 5.85. The van der Waals surface area contributed by atoms with Crippen LogP contribution in [0.25, 0.3) is 0 Å². The van der Waals surface area contributed by atoms with E-state index in [1.807, 2.05) is 18.2 Å². The van der Waals surface area contributed by atoms with Crippen LogP contribution in [0.4, 0.5) is 0 Å². The lowest BCUT2D eigenvalue weighted by Gasteiger charge is -2.34. The zero-order valence-electron chi connectivity index (χ0n) is 13.2. The molecular formula is C16H26N2O3. The Morgan fingerprint density at radius 2 is 2.19 bits per heavy atom. The van der Waals surface area contributed by atoms with Crippen molar-refractivity contribution in [1.29, 1.82) is 0 Å².